The maximum atomic E-state index is 12.3. The number of carbonyl (C=O) groups excluding carboxylic acids is 1. The summed E-state index contributed by atoms with van der Waals surface area (Å²) in [6, 6.07) is 11.9. The Balaban J connectivity index is 1.98. The second-order valence-electron chi connectivity index (χ2n) is 5.31. The molecule has 2 aromatic carbocycles. The van der Waals surface area contributed by atoms with Crippen LogP contribution in [0.25, 0.3) is 12.2 Å². The fourth-order valence-corrected chi connectivity index (χ4v) is 3.49. The van der Waals surface area contributed by atoms with Crippen LogP contribution in [0.3, 0.4) is 0 Å². The van der Waals surface area contributed by atoms with Gasteiger partial charge in [-0.25, -0.2) is 0 Å². The number of aromatic amines is 1. The molecule has 1 aromatic heterocycles. The number of aromatic nitrogens is 1. The van der Waals surface area contributed by atoms with Gasteiger partial charge >= 0.3 is 0 Å². The lowest BCUT2D eigenvalue weighted by Crippen LogP contribution is -2.20. The minimum atomic E-state index is -0.292. The molecule has 26 heavy (non-hydrogen) atoms. The van der Waals surface area contributed by atoms with Gasteiger partial charge in [0.05, 0.1) is 26.4 Å². The smallest absolute Gasteiger partial charge is 0.266 e. The van der Waals surface area contributed by atoms with Crippen LogP contribution in [0.5, 0.6) is 5.75 Å². The van der Waals surface area contributed by atoms with Crippen molar-refractivity contribution >= 4 is 52.5 Å². The Bertz CT molecular complexity index is 1130. The van der Waals surface area contributed by atoms with E-state index in [0.29, 0.717) is 36.1 Å². The van der Waals surface area contributed by atoms with Crippen molar-refractivity contribution in [3.8, 4) is 5.75 Å². The molecular weight excluding hydrogens is 393 g/mol. The molecule has 0 aliphatic carbocycles. The Hall–Kier alpha value is -2.34. The molecule has 132 valence electrons. The molecule has 0 radical (unpaired) electrons. The van der Waals surface area contributed by atoms with Crippen molar-refractivity contribution in [1.82, 2.24) is 4.98 Å². The van der Waals surface area contributed by atoms with Crippen LogP contribution in [0.15, 0.2) is 47.3 Å². The highest BCUT2D eigenvalue weighted by Crippen LogP contribution is 2.25. The molecule has 1 heterocycles. The number of ether oxygens (including phenoxy) is 1. The van der Waals surface area contributed by atoms with Crippen molar-refractivity contribution < 1.29 is 9.53 Å². The van der Waals surface area contributed by atoms with Crippen LogP contribution in [-0.2, 0) is 0 Å². The summed E-state index contributed by atoms with van der Waals surface area (Å²) in [6.45, 7) is 0. The van der Waals surface area contributed by atoms with Crippen molar-refractivity contribution in [2.24, 2.45) is 0 Å². The van der Waals surface area contributed by atoms with Crippen molar-refractivity contribution in [3.05, 3.63) is 83.2 Å². The predicted octanol–water partition coefficient (Wildman–Crippen LogP) is 3.24. The number of methoxy groups -OCH3 is 1. The number of benzene rings is 2. The number of halogens is 2. The molecule has 0 unspecified atom stereocenters. The van der Waals surface area contributed by atoms with E-state index in [9.17, 15) is 9.59 Å². The van der Waals surface area contributed by atoms with Gasteiger partial charge in [-0.1, -0.05) is 35.3 Å². The number of H-pyrrole nitrogens is 1. The number of carbonyl (C=O) groups is 1. The molecule has 0 fully saturated rings. The van der Waals surface area contributed by atoms with E-state index in [1.54, 1.807) is 55.7 Å². The second-order valence-corrected chi connectivity index (χ2v) is 7.18. The molecule has 1 N–H and O–H groups in total. The number of thiazole rings is 1. The predicted molar refractivity (Wildman–Crippen MR) is 106 cm³/mol. The van der Waals surface area contributed by atoms with E-state index in [0.717, 1.165) is 0 Å². The summed E-state index contributed by atoms with van der Waals surface area (Å²) >= 11 is 13.3. The molecule has 0 saturated heterocycles. The average Bonchev–Trinajstić information content (AvgIpc) is 2.98. The van der Waals surface area contributed by atoms with Crippen LogP contribution in [0, 0.1) is 0 Å². The second kappa shape index (κ2) is 7.91. The number of ketones is 1. The molecule has 7 heteroatoms. The lowest BCUT2D eigenvalue weighted by atomic mass is 10.1. The molecule has 0 aliphatic heterocycles. The largest absolute Gasteiger partial charge is 0.497 e. The summed E-state index contributed by atoms with van der Waals surface area (Å²) < 4.78 is 5.96. The zero-order valence-electron chi connectivity index (χ0n) is 13.6. The van der Waals surface area contributed by atoms with Gasteiger partial charge in [0.15, 0.2) is 5.78 Å². The van der Waals surface area contributed by atoms with Crippen LogP contribution in [0.4, 0.5) is 0 Å². The maximum Gasteiger partial charge on any atom is 0.266 e. The van der Waals surface area contributed by atoms with E-state index in [1.165, 1.54) is 17.4 Å². The first-order valence-corrected chi connectivity index (χ1v) is 9.10. The van der Waals surface area contributed by atoms with E-state index >= 15 is 0 Å². The van der Waals surface area contributed by atoms with Gasteiger partial charge in [0.25, 0.3) is 5.56 Å². The van der Waals surface area contributed by atoms with Crippen LogP contribution in [-0.4, -0.2) is 17.9 Å². The fraction of sp³-hybridized carbons (Fsp3) is 0.0526. The highest BCUT2D eigenvalue weighted by atomic mass is 35.5. The van der Waals surface area contributed by atoms with Crippen molar-refractivity contribution in [1.29, 1.82) is 0 Å². The van der Waals surface area contributed by atoms with Gasteiger partial charge < -0.3 is 9.72 Å². The molecule has 0 atom stereocenters. The first-order chi connectivity index (χ1) is 12.5. The Morgan fingerprint density at radius 1 is 1.15 bits per heavy atom. The van der Waals surface area contributed by atoms with Gasteiger partial charge in [0.1, 0.15) is 5.75 Å². The third-order valence-electron chi connectivity index (χ3n) is 3.59. The highest BCUT2D eigenvalue weighted by Gasteiger charge is 2.05. The molecule has 0 bridgehead atoms. The molecule has 0 saturated carbocycles. The molecule has 0 amide bonds. The van der Waals surface area contributed by atoms with Crippen molar-refractivity contribution in [3.63, 3.8) is 0 Å². The summed E-state index contributed by atoms with van der Waals surface area (Å²) in [4.78, 5) is 27.1. The average molecular weight is 406 g/mol. The van der Waals surface area contributed by atoms with Crippen LogP contribution < -0.4 is 19.5 Å². The number of hydrogen-bond donors (Lipinski definition) is 1. The van der Waals surface area contributed by atoms with E-state index < -0.39 is 0 Å². The third-order valence-corrected chi connectivity index (χ3v) is 5.38. The van der Waals surface area contributed by atoms with Gasteiger partial charge in [-0.15, -0.1) is 11.3 Å². The Morgan fingerprint density at radius 3 is 2.58 bits per heavy atom. The Morgan fingerprint density at radius 2 is 1.88 bits per heavy atom. The number of Topliss-reactive ketones (excluding diaryl/α,β-unsaturated/α-hetero) is 1. The van der Waals surface area contributed by atoms with Gasteiger partial charge in [-0.2, -0.15) is 0 Å². The maximum absolute atomic E-state index is 12.3. The van der Waals surface area contributed by atoms with Crippen LogP contribution in [0.2, 0.25) is 10.0 Å². The summed E-state index contributed by atoms with van der Waals surface area (Å²) in [7, 11) is 1.56. The van der Waals surface area contributed by atoms with E-state index in [-0.39, 0.29) is 11.3 Å². The zero-order valence-corrected chi connectivity index (χ0v) is 15.9. The lowest BCUT2D eigenvalue weighted by Gasteiger charge is -1.99. The van der Waals surface area contributed by atoms with E-state index in [2.05, 4.69) is 4.98 Å². The van der Waals surface area contributed by atoms with Gasteiger partial charge in [-0.3, -0.25) is 9.59 Å². The topological polar surface area (TPSA) is 59.2 Å². The molecule has 4 nitrogen and oxygen atoms in total. The minimum absolute atomic E-state index is 0.211. The number of rotatable bonds is 4. The summed E-state index contributed by atoms with van der Waals surface area (Å²) in [5.41, 5.74) is 0.850. The fourth-order valence-electron chi connectivity index (χ4n) is 2.26. The molecule has 0 aliphatic rings. The zero-order chi connectivity index (χ0) is 18.7. The van der Waals surface area contributed by atoms with Crippen molar-refractivity contribution in [2.75, 3.05) is 7.11 Å². The Labute approximate surface area is 163 Å². The van der Waals surface area contributed by atoms with E-state index in [1.807, 2.05) is 0 Å². The molecule has 3 rings (SSSR count). The first-order valence-electron chi connectivity index (χ1n) is 7.53. The summed E-state index contributed by atoms with van der Waals surface area (Å²) in [5.74, 6) is 0.457. The first kappa shape index (κ1) is 18.5. The quantitative estimate of drug-likeness (QED) is 0.677. The Kier molecular flexibility index (Phi) is 5.61. The normalized spacial score (nSPS) is 12.4. The van der Waals surface area contributed by atoms with Crippen LogP contribution in [0.1, 0.15) is 15.9 Å². The van der Waals surface area contributed by atoms with Crippen LogP contribution >= 0.6 is 34.5 Å². The standard InChI is InChI=1S/C19H13Cl2NO3S/c1-25-13-7-5-11(6-8-13)15(23)10-17-22-19(24)16(26-17)9-12-3-2-4-14(20)18(12)21/h2-10H,1H3,(H,22,24). The van der Waals surface area contributed by atoms with Gasteiger partial charge in [0, 0.05) is 11.6 Å². The summed E-state index contributed by atoms with van der Waals surface area (Å²) in [6.07, 6.45) is 3.04. The number of nitrogens with one attached hydrogen (secondary N) is 1. The molecule has 0 spiro atoms. The highest BCUT2D eigenvalue weighted by molar-refractivity contribution is 7.07. The minimum Gasteiger partial charge on any atom is -0.497 e. The van der Waals surface area contributed by atoms with E-state index in [4.69, 9.17) is 27.9 Å². The molecular formula is C19H13Cl2NO3S. The SMILES string of the molecule is COc1ccc(C(=O)C=c2[nH]c(=O)c(=Cc3cccc(Cl)c3Cl)s2)cc1. The van der Waals surface area contributed by atoms with Gasteiger partial charge in [-0.05, 0) is 42.0 Å². The third kappa shape index (κ3) is 4.07. The van der Waals surface area contributed by atoms with Gasteiger partial charge in [0.2, 0.25) is 0 Å². The molecule has 3 aromatic rings. The monoisotopic (exact) mass is 405 g/mol. The summed E-state index contributed by atoms with van der Waals surface area (Å²) in [5, 5.41) is 0.789. The van der Waals surface area contributed by atoms with Crippen molar-refractivity contribution in [2.45, 2.75) is 0 Å². The lowest BCUT2D eigenvalue weighted by molar-refractivity contribution is 0.106. The number of hydrogen-bond acceptors (Lipinski definition) is 4.